The van der Waals surface area contributed by atoms with Gasteiger partial charge in [-0.3, -0.25) is 9.59 Å². The van der Waals surface area contributed by atoms with Crippen LogP contribution in [0.3, 0.4) is 0 Å². The minimum Gasteiger partial charge on any atom is -0.324 e. The van der Waals surface area contributed by atoms with Gasteiger partial charge in [-0.1, -0.05) is 28.1 Å². The fraction of sp³-hybridized carbons (Fsp3) is 0.0909. The van der Waals surface area contributed by atoms with E-state index in [1.165, 1.54) is 47.4 Å². The van der Waals surface area contributed by atoms with Gasteiger partial charge in [0.25, 0.3) is 5.91 Å². The van der Waals surface area contributed by atoms with Crippen LogP contribution in [0.1, 0.15) is 27.5 Å². The van der Waals surface area contributed by atoms with Crippen molar-refractivity contribution in [3.05, 3.63) is 99.5 Å². The first-order chi connectivity index (χ1) is 13.9. The number of nitrogens with one attached hydrogen (secondary N) is 1. The predicted molar refractivity (Wildman–Crippen MR) is 108 cm³/mol. The molecule has 1 aliphatic rings. The molecule has 1 atom stereocenters. The highest BCUT2D eigenvalue weighted by Gasteiger charge is 2.34. The molecule has 0 aliphatic carbocycles. The number of carbonyl (C=O) groups is 2. The van der Waals surface area contributed by atoms with Gasteiger partial charge in [-0.15, -0.1) is 0 Å². The van der Waals surface area contributed by atoms with Crippen molar-refractivity contribution in [2.45, 2.75) is 6.04 Å². The van der Waals surface area contributed by atoms with Crippen LogP contribution in [0.2, 0.25) is 0 Å². The number of rotatable bonds is 2. The quantitative estimate of drug-likeness (QED) is 0.595. The molecule has 0 bridgehead atoms. The zero-order valence-corrected chi connectivity index (χ0v) is 16.6. The highest BCUT2D eigenvalue weighted by atomic mass is 79.9. The second-order valence-electron chi connectivity index (χ2n) is 6.67. The van der Waals surface area contributed by atoms with Crippen LogP contribution in [-0.4, -0.2) is 23.3 Å². The van der Waals surface area contributed by atoms with Crippen molar-refractivity contribution < 1.29 is 18.4 Å². The molecule has 1 aliphatic heterocycles. The predicted octanol–water partition coefficient (Wildman–Crippen LogP) is 4.91. The number of hydrogen-bond donors (Lipinski definition) is 1. The van der Waals surface area contributed by atoms with Crippen molar-refractivity contribution in [1.29, 1.82) is 0 Å². The van der Waals surface area contributed by atoms with E-state index in [4.69, 9.17) is 0 Å². The first-order valence-electron chi connectivity index (χ1n) is 8.83. The number of nitrogens with zero attached hydrogens (tertiary/aromatic N) is 1. The summed E-state index contributed by atoms with van der Waals surface area (Å²) in [5.74, 6) is -1.71. The van der Waals surface area contributed by atoms with Crippen LogP contribution >= 0.6 is 15.9 Å². The molecule has 3 aromatic rings. The summed E-state index contributed by atoms with van der Waals surface area (Å²) < 4.78 is 28.4. The Hall–Kier alpha value is -3.06. The minimum absolute atomic E-state index is 0.229. The standard InChI is InChI=1S/C22H15BrF2N2O2/c23-15-5-1-14(2-6-15)22(29)27-12-20(28)26-19-10-9-17(25)11-18(19)21(27)13-3-7-16(24)8-4-13/h1-11,21H,12H2,(H,26,28). The van der Waals surface area contributed by atoms with Crippen molar-refractivity contribution in [2.24, 2.45) is 0 Å². The van der Waals surface area contributed by atoms with E-state index in [2.05, 4.69) is 21.2 Å². The van der Waals surface area contributed by atoms with Crippen LogP contribution in [0.4, 0.5) is 14.5 Å². The van der Waals surface area contributed by atoms with Crippen LogP contribution < -0.4 is 5.32 Å². The largest absolute Gasteiger partial charge is 0.324 e. The number of halogens is 3. The lowest BCUT2D eigenvalue weighted by atomic mass is 9.95. The van der Waals surface area contributed by atoms with Crippen LogP contribution in [-0.2, 0) is 4.79 Å². The van der Waals surface area contributed by atoms with Crippen LogP contribution in [0.25, 0.3) is 0 Å². The van der Waals surface area contributed by atoms with Gasteiger partial charge >= 0.3 is 0 Å². The molecule has 1 heterocycles. The van der Waals surface area contributed by atoms with Crippen molar-refractivity contribution in [3.8, 4) is 0 Å². The second-order valence-corrected chi connectivity index (χ2v) is 7.59. The molecule has 0 saturated carbocycles. The molecule has 0 spiro atoms. The number of anilines is 1. The van der Waals surface area contributed by atoms with Gasteiger partial charge < -0.3 is 10.2 Å². The summed E-state index contributed by atoms with van der Waals surface area (Å²) >= 11 is 3.33. The summed E-state index contributed by atoms with van der Waals surface area (Å²) in [6, 6.07) is 15.6. The molecule has 2 amide bonds. The van der Waals surface area contributed by atoms with E-state index in [-0.39, 0.29) is 12.5 Å². The summed E-state index contributed by atoms with van der Waals surface area (Å²) in [6.45, 7) is -0.229. The lowest BCUT2D eigenvalue weighted by Gasteiger charge is -2.30. The van der Waals surface area contributed by atoms with Gasteiger partial charge in [0.15, 0.2) is 0 Å². The van der Waals surface area contributed by atoms with Crippen molar-refractivity contribution >= 4 is 33.4 Å². The molecule has 4 rings (SSSR count). The Morgan fingerprint density at radius 1 is 0.966 bits per heavy atom. The topological polar surface area (TPSA) is 49.4 Å². The van der Waals surface area contributed by atoms with E-state index < -0.39 is 23.6 Å². The summed E-state index contributed by atoms with van der Waals surface area (Å²) in [7, 11) is 0. The maximum atomic E-state index is 14.1. The van der Waals surface area contributed by atoms with E-state index in [1.807, 2.05) is 0 Å². The first-order valence-corrected chi connectivity index (χ1v) is 9.63. The van der Waals surface area contributed by atoms with Gasteiger partial charge in [-0.25, -0.2) is 8.78 Å². The molecular formula is C22H15BrF2N2O2. The van der Waals surface area contributed by atoms with Crippen molar-refractivity contribution in [3.63, 3.8) is 0 Å². The van der Waals surface area contributed by atoms with Crippen molar-refractivity contribution in [2.75, 3.05) is 11.9 Å². The highest BCUT2D eigenvalue weighted by Crippen LogP contribution is 2.37. The maximum absolute atomic E-state index is 14.1. The average Bonchev–Trinajstić information content (AvgIpc) is 2.84. The number of amides is 2. The zero-order chi connectivity index (χ0) is 20.5. The molecule has 4 nitrogen and oxygen atoms in total. The summed E-state index contributed by atoms with van der Waals surface area (Å²) in [5.41, 5.74) is 1.79. The van der Waals surface area contributed by atoms with E-state index in [9.17, 15) is 18.4 Å². The molecule has 1 unspecified atom stereocenters. The summed E-state index contributed by atoms with van der Waals surface area (Å²) in [4.78, 5) is 27.2. The number of benzene rings is 3. The van der Waals surface area contributed by atoms with Crippen LogP contribution in [0, 0.1) is 11.6 Å². The lowest BCUT2D eigenvalue weighted by molar-refractivity contribution is -0.117. The Balaban J connectivity index is 1.88. The highest BCUT2D eigenvalue weighted by molar-refractivity contribution is 9.10. The van der Waals surface area contributed by atoms with Crippen molar-refractivity contribution in [1.82, 2.24) is 4.90 Å². The summed E-state index contributed by atoms with van der Waals surface area (Å²) in [5, 5.41) is 2.73. The van der Waals surface area contributed by atoms with Crippen LogP contribution in [0.5, 0.6) is 0 Å². The average molecular weight is 457 g/mol. The third kappa shape index (κ3) is 3.91. The third-order valence-electron chi connectivity index (χ3n) is 4.75. The van der Waals surface area contributed by atoms with Gasteiger partial charge in [0.1, 0.15) is 18.2 Å². The summed E-state index contributed by atoms with van der Waals surface area (Å²) in [6.07, 6.45) is 0. The molecule has 29 heavy (non-hydrogen) atoms. The lowest BCUT2D eigenvalue weighted by Crippen LogP contribution is -2.39. The van der Waals surface area contributed by atoms with E-state index in [0.29, 0.717) is 22.4 Å². The molecule has 0 fully saturated rings. The normalized spacial score (nSPS) is 16.0. The molecule has 146 valence electrons. The number of fused-ring (bicyclic) bond motifs is 1. The Kier molecular flexibility index (Phi) is 5.15. The van der Waals surface area contributed by atoms with Gasteiger partial charge in [0.2, 0.25) is 5.91 Å². The fourth-order valence-electron chi connectivity index (χ4n) is 3.43. The molecule has 0 saturated heterocycles. The minimum atomic E-state index is -0.767. The van der Waals surface area contributed by atoms with Gasteiger partial charge in [0, 0.05) is 21.3 Å². The van der Waals surface area contributed by atoms with Crippen LogP contribution in [0.15, 0.2) is 71.2 Å². The molecular weight excluding hydrogens is 442 g/mol. The number of hydrogen-bond acceptors (Lipinski definition) is 2. The zero-order valence-electron chi connectivity index (χ0n) is 15.0. The van der Waals surface area contributed by atoms with Gasteiger partial charge in [-0.05, 0) is 60.2 Å². The third-order valence-corrected chi connectivity index (χ3v) is 5.27. The molecule has 0 radical (unpaired) electrons. The maximum Gasteiger partial charge on any atom is 0.255 e. The Morgan fingerprint density at radius 2 is 1.62 bits per heavy atom. The fourth-order valence-corrected chi connectivity index (χ4v) is 3.69. The Labute approximate surface area is 174 Å². The molecule has 1 N–H and O–H groups in total. The monoisotopic (exact) mass is 456 g/mol. The smallest absolute Gasteiger partial charge is 0.255 e. The van der Waals surface area contributed by atoms with Gasteiger partial charge in [-0.2, -0.15) is 0 Å². The number of carbonyl (C=O) groups excluding carboxylic acids is 2. The van der Waals surface area contributed by atoms with Gasteiger partial charge in [0.05, 0.1) is 6.04 Å². The Morgan fingerprint density at radius 3 is 2.31 bits per heavy atom. The SMILES string of the molecule is O=C1CN(C(=O)c2ccc(Br)cc2)C(c2ccc(F)cc2)c2cc(F)ccc2N1. The van der Waals surface area contributed by atoms with E-state index in [1.54, 1.807) is 24.3 Å². The van der Waals surface area contributed by atoms with E-state index >= 15 is 0 Å². The molecule has 0 aromatic heterocycles. The second kappa shape index (κ2) is 7.75. The Bertz CT molecular complexity index is 1080. The van der Waals surface area contributed by atoms with E-state index in [0.717, 1.165) is 4.47 Å². The molecule has 7 heteroatoms. The first kappa shape index (κ1) is 19.3. The molecule has 3 aromatic carbocycles.